The molecule has 0 N–H and O–H groups in total. The quantitative estimate of drug-likeness (QED) is 0.506. The highest BCUT2D eigenvalue weighted by atomic mass is 16.3. The third-order valence-corrected chi connectivity index (χ3v) is 1.92. The SMILES string of the molecule is c1nc2c(ccc3ccoc32)o1. The van der Waals surface area contributed by atoms with Crippen molar-refractivity contribution in [3.05, 3.63) is 30.9 Å². The van der Waals surface area contributed by atoms with Gasteiger partial charge in [0, 0.05) is 5.39 Å². The normalized spacial score (nSPS) is 11.3. The van der Waals surface area contributed by atoms with Crippen molar-refractivity contribution in [2.75, 3.05) is 0 Å². The van der Waals surface area contributed by atoms with E-state index in [-0.39, 0.29) is 0 Å². The summed E-state index contributed by atoms with van der Waals surface area (Å²) in [4.78, 5) is 4.06. The van der Waals surface area contributed by atoms with Crippen molar-refractivity contribution in [1.29, 1.82) is 0 Å². The Bertz CT molecular complexity index is 486. The fraction of sp³-hybridized carbons (Fsp3) is 0. The second kappa shape index (κ2) is 1.88. The zero-order chi connectivity index (χ0) is 7.97. The summed E-state index contributed by atoms with van der Waals surface area (Å²) in [6, 6.07) is 5.75. The first-order chi connectivity index (χ1) is 5.95. The molecular formula is C9H5NO2. The van der Waals surface area contributed by atoms with Gasteiger partial charge in [-0.2, -0.15) is 0 Å². The molecule has 2 aromatic heterocycles. The molecular weight excluding hydrogens is 154 g/mol. The van der Waals surface area contributed by atoms with Crippen LogP contribution < -0.4 is 0 Å². The van der Waals surface area contributed by atoms with Crippen LogP contribution in [0.15, 0.2) is 39.7 Å². The molecule has 3 heteroatoms. The summed E-state index contributed by atoms with van der Waals surface area (Å²) in [6.07, 6.45) is 3.07. The minimum Gasteiger partial charge on any atom is -0.462 e. The molecule has 0 amide bonds. The van der Waals surface area contributed by atoms with Crippen LogP contribution >= 0.6 is 0 Å². The van der Waals surface area contributed by atoms with Crippen LogP contribution in [0.25, 0.3) is 22.1 Å². The molecule has 58 valence electrons. The number of oxazole rings is 1. The van der Waals surface area contributed by atoms with E-state index in [2.05, 4.69) is 4.98 Å². The number of fused-ring (bicyclic) bond motifs is 3. The van der Waals surface area contributed by atoms with Crippen molar-refractivity contribution >= 4 is 22.1 Å². The number of nitrogens with zero attached hydrogens (tertiary/aromatic N) is 1. The second-order valence-corrected chi connectivity index (χ2v) is 2.60. The molecule has 0 aliphatic rings. The molecule has 1 aromatic carbocycles. The smallest absolute Gasteiger partial charge is 0.182 e. The number of rotatable bonds is 0. The first kappa shape index (κ1) is 5.83. The van der Waals surface area contributed by atoms with Gasteiger partial charge in [-0.05, 0) is 18.2 Å². The van der Waals surface area contributed by atoms with Crippen LogP contribution in [-0.4, -0.2) is 4.98 Å². The van der Waals surface area contributed by atoms with Crippen LogP contribution in [-0.2, 0) is 0 Å². The molecule has 0 radical (unpaired) electrons. The van der Waals surface area contributed by atoms with Crippen LogP contribution in [0.3, 0.4) is 0 Å². The molecule has 0 unspecified atom stereocenters. The van der Waals surface area contributed by atoms with E-state index in [1.807, 2.05) is 18.2 Å². The Morgan fingerprint density at radius 1 is 1.08 bits per heavy atom. The molecule has 0 saturated carbocycles. The summed E-state index contributed by atoms with van der Waals surface area (Å²) in [5.74, 6) is 0. The first-order valence-electron chi connectivity index (χ1n) is 3.64. The number of hydrogen-bond acceptors (Lipinski definition) is 3. The van der Waals surface area contributed by atoms with Gasteiger partial charge in [0.25, 0.3) is 0 Å². The third-order valence-electron chi connectivity index (χ3n) is 1.92. The van der Waals surface area contributed by atoms with Gasteiger partial charge in [-0.15, -0.1) is 0 Å². The Hall–Kier alpha value is -1.77. The van der Waals surface area contributed by atoms with Crippen LogP contribution in [0, 0.1) is 0 Å². The molecule has 12 heavy (non-hydrogen) atoms. The molecule has 0 aliphatic carbocycles. The number of benzene rings is 1. The summed E-state index contributed by atoms with van der Waals surface area (Å²) in [5, 5.41) is 1.05. The van der Waals surface area contributed by atoms with Gasteiger partial charge in [0.1, 0.15) is 0 Å². The Morgan fingerprint density at radius 2 is 2.08 bits per heavy atom. The lowest BCUT2D eigenvalue weighted by Gasteiger charge is -1.86. The molecule has 0 spiro atoms. The summed E-state index contributed by atoms with van der Waals surface area (Å²) in [6.45, 7) is 0. The highest BCUT2D eigenvalue weighted by Gasteiger charge is 2.05. The van der Waals surface area contributed by atoms with Crippen molar-refractivity contribution < 1.29 is 8.83 Å². The molecule has 0 bridgehead atoms. The van der Waals surface area contributed by atoms with E-state index in [1.54, 1.807) is 6.26 Å². The fourth-order valence-corrected chi connectivity index (χ4v) is 1.35. The second-order valence-electron chi connectivity index (χ2n) is 2.60. The van der Waals surface area contributed by atoms with Gasteiger partial charge in [-0.1, -0.05) is 0 Å². The average Bonchev–Trinajstić information content (AvgIpc) is 2.71. The lowest BCUT2D eigenvalue weighted by molar-refractivity contribution is 0.602. The zero-order valence-electron chi connectivity index (χ0n) is 6.15. The standard InChI is InChI=1S/C9H5NO2/c1-2-7-8(10-5-12-7)9-6(1)3-4-11-9/h1-5H. The molecule has 0 atom stereocenters. The molecule has 3 rings (SSSR count). The zero-order valence-corrected chi connectivity index (χ0v) is 6.15. The van der Waals surface area contributed by atoms with Gasteiger partial charge in [-0.25, -0.2) is 4.98 Å². The summed E-state index contributed by atoms with van der Waals surface area (Å²) in [5.41, 5.74) is 2.34. The van der Waals surface area contributed by atoms with E-state index in [9.17, 15) is 0 Å². The van der Waals surface area contributed by atoms with E-state index < -0.39 is 0 Å². The monoisotopic (exact) mass is 159 g/mol. The van der Waals surface area contributed by atoms with Gasteiger partial charge in [0.2, 0.25) is 0 Å². The fourth-order valence-electron chi connectivity index (χ4n) is 1.35. The summed E-state index contributed by atoms with van der Waals surface area (Å²) < 4.78 is 10.4. The largest absolute Gasteiger partial charge is 0.462 e. The molecule has 3 aromatic rings. The number of hydrogen-bond donors (Lipinski definition) is 0. The van der Waals surface area contributed by atoms with E-state index >= 15 is 0 Å². The molecule has 3 nitrogen and oxygen atoms in total. The molecule has 0 saturated heterocycles. The van der Waals surface area contributed by atoms with Crippen molar-refractivity contribution in [2.45, 2.75) is 0 Å². The van der Waals surface area contributed by atoms with Crippen LogP contribution in [0.4, 0.5) is 0 Å². The van der Waals surface area contributed by atoms with Gasteiger partial charge >= 0.3 is 0 Å². The van der Waals surface area contributed by atoms with Crippen molar-refractivity contribution in [3.63, 3.8) is 0 Å². The maximum Gasteiger partial charge on any atom is 0.182 e. The number of aromatic nitrogens is 1. The van der Waals surface area contributed by atoms with E-state index in [1.165, 1.54) is 6.39 Å². The van der Waals surface area contributed by atoms with Gasteiger partial charge in [0.15, 0.2) is 23.1 Å². The van der Waals surface area contributed by atoms with Crippen molar-refractivity contribution in [1.82, 2.24) is 4.98 Å². The molecule has 0 aliphatic heterocycles. The van der Waals surface area contributed by atoms with Crippen LogP contribution in [0.5, 0.6) is 0 Å². The van der Waals surface area contributed by atoms with Crippen molar-refractivity contribution in [3.8, 4) is 0 Å². The topological polar surface area (TPSA) is 39.2 Å². The Labute approximate surface area is 67.6 Å². The lowest BCUT2D eigenvalue weighted by atomic mass is 10.2. The van der Waals surface area contributed by atoms with Crippen LogP contribution in [0.2, 0.25) is 0 Å². The maximum atomic E-state index is 5.27. The summed E-state index contributed by atoms with van der Waals surface area (Å²) in [7, 11) is 0. The Morgan fingerprint density at radius 3 is 3.08 bits per heavy atom. The van der Waals surface area contributed by atoms with Gasteiger partial charge in [-0.3, -0.25) is 0 Å². The van der Waals surface area contributed by atoms with Gasteiger partial charge in [0.05, 0.1) is 6.26 Å². The highest BCUT2D eigenvalue weighted by molar-refractivity contribution is 5.99. The molecule has 2 heterocycles. The van der Waals surface area contributed by atoms with Crippen LogP contribution in [0.1, 0.15) is 0 Å². The minimum atomic E-state index is 0.762. The van der Waals surface area contributed by atoms with Gasteiger partial charge < -0.3 is 8.83 Å². The van der Waals surface area contributed by atoms with Crippen molar-refractivity contribution in [2.24, 2.45) is 0 Å². The van der Waals surface area contributed by atoms with E-state index in [4.69, 9.17) is 8.83 Å². The summed E-state index contributed by atoms with van der Waals surface area (Å²) >= 11 is 0. The Kier molecular flexibility index (Phi) is 0.913. The highest BCUT2D eigenvalue weighted by Crippen LogP contribution is 2.24. The predicted octanol–water partition coefficient (Wildman–Crippen LogP) is 2.57. The third kappa shape index (κ3) is 0.580. The maximum absolute atomic E-state index is 5.27. The Balaban J connectivity index is 2.71. The minimum absolute atomic E-state index is 0.762. The lowest BCUT2D eigenvalue weighted by Crippen LogP contribution is -1.67. The van der Waals surface area contributed by atoms with E-state index in [0.29, 0.717) is 0 Å². The van der Waals surface area contributed by atoms with E-state index in [0.717, 1.165) is 22.1 Å². The predicted molar refractivity (Wildman–Crippen MR) is 43.8 cm³/mol. The molecule has 0 fully saturated rings. The number of furan rings is 1. The average molecular weight is 159 g/mol. The first-order valence-corrected chi connectivity index (χ1v) is 3.64.